The molecule has 0 unspecified atom stereocenters. The molecule has 0 atom stereocenters. The Morgan fingerprint density at radius 2 is 1.53 bits per heavy atom. The molecule has 0 fully saturated rings. The second kappa shape index (κ2) is 12.8. The zero-order chi connectivity index (χ0) is 28.9. The summed E-state index contributed by atoms with van der Waals surface area (Å²) >= 11 is 18.5. The van der Waals surface area contributed by atoms with E-state index in [1.165, 1.54) is 0 Å². The number of benzene rings is 2. The minimum atomic E-state index is -4.00. The zero-order valence-electron chi connectivity index (χ0n) is 22.2. The third-order valence-corrected chi connectivity index (χ3v) is 7.25. The number of nitrogens with one attached hydrogen (secondary N) is 1. The molecule has 210 valence electrons. The number of carbonyl (C=O) groups is 2. The van der Waals surface area contributed by atoms with Crippen molar-refractivity contribution in [3.05, 3.63) is 57.6 Å². The van der Waals surface area contributed by atoms with Gasteiger partial charge < -0.3 is 14.8 Å². The Bertz CT molecular complexity index is 1240. The van der Waals surface area contributed by atoms with Gasteiger partial charge in [-0.3, -0.25) is 4.79 Å². The number of ether oxygens (including phenoxy) is 2. The van der Waals surface area contributed by atoms with Gasteiger partial charge in [0.1, 0.15) is 18.8 Å². The fourth-order valence-corrected chi connectivity index (χ4v) is 4.78. The smallest absolute Gasteiger partial charge is 0.424 e. The van der Waals surface area contributed by atoms with Gasteiger partial charge in [-0.15, -0.1) is 11.6 Å². The van der Waals surface area contributed by atoms with Gasteiger partial charge in [0.05, 0.1) is 28.7 Å². The lowest BCUT2D eigenvalue weighted by atomic mass is 9.78. The molecule has 1 N–H and O–H groups in total. The number of carbonyl (C=O) groups excluding carboxylic acids is 2. The normalized spacial score (nSPS) is 12.1. The molecule has 0 saturated heterocycles. The molecule has 2 aromatic rings. The fraction of sp³-hybridized carbons (Fsp3) is 0.462. The van der Waals surface area contributed by atoms with Crippen LogP contribution in [0.5, 0.6) is 5.75 Å². The van der Waals surface area contributed by atoms with E-state index < -0.39 is 39.5 Å². The number of rotatable bonds is 11. The first-order valence-corrected chi connectivity index (χ1v) is 14.8. The lowest BCUT2D eigenvalue weighted by molar-refractivity contribution is -0.117. The van der Waals surface area contributed by atoms with Crippen LogP contribution in [0.2, 0.25) is 10.0 Å². The predicted octanol–water partition coefficient (Wildman–Crippen LogP) is 6.11. The standard InChI is InChI=1S/C26H33Cl3N2O6S/c1-25(2,3)37-24(33)31(38(6,34)35)16-20(32)15-30-19-9-7-17(8-10-19)26(4,5)18-13-21(28)23(22(29)14-18)36-12-11-27/h7-10,13-14,30H,11-12,15-16H2,1-6H3. The number of anilines is 1. The van der Waals surface area contributed by atoms with E-state index in [0.717, 1.165) is 17.4 Å². The number of sulfonamides is 1. The van der Waals surface area contributed by atoms with Gasteiger partial charge in [0.2, 0.25) is 10.0 Å². The van der Waals surface area contributed by atoms with Gasteiger partial charge in [-0.05, 0) is 56.2 Å². The van der Waals surface area contributed by atoms with Crippen molar-refractivity contribution in [1.29, 1.82) is 0 Å². The number of Topliss-reactive ketones (excluding diaryl/α,β-unsaturated/α-hetero) is 1. The van der Waals surface area contributed by atoms with Gasteiger partial charge in [0.25, 0.3) is 0 Å². The van der Waals surface area contributed by atoms with Crippen LogP contribution in [-0.2, 0) is 25.0 Å². The Kier molecular flexibility index (Phi) is 10.8. The highest BCUT2D eigenvalue weighted by Crippen LogP contribution is 2.40. The van der Waals surface area contributed by atoms with Crippen LogP contribution in [-0.4, -0.2) is 62.0 Å². The number of ketones is 1. The van der Waals surface area contributed by atoms with Crippen LogP contribution < -0.4 is 10.1 Å². The second-order valence-electron chi connectivity index (χ2n) is 10.2. The van der Waals surface area contributed by atoms with Crippen LogP contribution in [0.1, 0.15) is 45.7 Å². The summed E-state index contributed by atoms with van der Waals surface area (Å²) in [7, 11) is -4.00. The quantitative estimate of drug-likeness (QED) is 0.307. The van der Waals surface area contributed by atoms with E-state index in [2.05, 4.69) is 5.32 Å². The summed E-state index contributed by atoms with van der Waals surface area (Å²) in [5.74, 6) is 0.191. The zero-order valence-corrected chi connectivity index (χ0v) is 25.3. The van der Waals surface area contributed by atoms with E-state index in [-0.39, 0.29) is 13.2 Å². The molecule has 0 bridgehead atoms. The van der Waals surface area contributed by atoms with E-state index in [1.54, 1.807) is 45.0 Å². The monoisotopic (exact) mass is 606 g/mol. The summed E-state index contributed by atoms with van der Waals surface area (Å²) in [6.07, 6.45) is -0.252. The first-order valence-electron chi connectivity index (χ1n) is 11.7. The number of hydrogen-bond acceptors (Lipinski definition) is 7. The number of nitrogens with zero attached hydrogens (tertiary/aromatic N) is 1. The molecular weight excluding hydrogens is 575 g/mol. The van der Waals surface area contributed by atoms with E-state index in [9.17, 15) is 18.0 Å². The number of hydrogen-bond donors (Lipinski definition) is 1. The Morgan fingerprint density at radius 1 is 0.974 bits per heavy atom. The molecule has 0 aromatic heterocycles. The van der Waals surface area contributed by atoms with Crippen LogP contribution >= 0.6 is 34.8 Å². The van der Waals surface area contributed by atoms with Gasteiger partial charge in [-0.25, -0.2) is 13.2 Å². The van der Waals surface area contributed by atoms with E-state index in [4.69, 9.17) is 44.3 Å². The molecule has 2 rings (SSSR count). The molecule has 0 aliphatic heterocycles. The third-order valence-electron chi connectivity index (χ3n) is 5.46. The highest BCUT2D eigenvalue weighted by atomic mass is 35.5. The predicted molar refractivity (Wildman–Crippen MR) is 153 cm³/mol. The van der Waals surface area contributed by atoms with Gasteiger partial charge >= 0.3 is 6.09 Å². The van der Waals surface area contributed by atoms with E-state index in [1.807, 2.05) is 26.0 Å². The van der Waals surface area contributed by atoms with Crippen LogP contribution in [0, 0.1) is 0 Å². The molecule has 0 spiro atoms. The number of halogens is 3. The summed E-state index contributed by atoms with van der Waals surface area (Å²) in [5, 5.41) is 3.73. The van der Waals surface area contributed by atoms with Gasteiger partial charge in [-0.1, -0.05) is 49.2 Å². The molecule has 0 radical (unpaired) electrons. The topological polar surface area (TPSA) is 102 Å². The van der Waals surface area contributed by atoms with Crippen molar-refractivity contribution in [2.24, 2.45) is 0 Å². The lowest BCUT2D eigenvalue weighted by Gasteiger charge is -2.27. The second-order valence-corrected chi connectivity index (χ2v) is 13.3. The summed E-state index contributed by atoms with van der Waals surface area (Å²) in [5.41, 5.74) is 1.11. The Hall–Kier alpha value is -2.20. The van der Waals surface area contributed by atoms with Crippen molar-refractivity contribution < 1.29 is 27.5 Å². The Morgan fingerprint density at radius 3 is 2.00 bits per heavy atom. The maximum absolute atomic E-state index is 12.5. The number of amides is 1. The van der Waals surface area contributed by atoms with Crippen LogP contribution in [0.4, 0.5) is 10.5 Å². The molecular formula is C26H33Cl3N2O6S. The van der Waals surface area contributed by atoms with Crippen molar-refractivity contribution in [1.82, 2.24) is 4.31 Å². The van der Waals surface area contributed by atoms with Crippen LogP contribution in [0.3, 0.4) is 0 Å². The van der Waals surface area contributed by atoms with Gasteiger partial charge in [-0.2, -0.15) is 4.31 Å². The fourth-order valence-electron chi connectivity index (χ4n) is 3.42. The van der Waals surface area contributed by atoms with Gasteiger partial charge in [0.15, 0.2) is 11.5 Å². The average molecular weight is 608 g/mol. The molecule has 0 heterocycles. The molecule has 0 saturated carbocycles. The first kappa shape index (κ1) is 32.0. The van der Waals surface area contributed by atoms with Crippen LogP contribution in [0.15, 0.2) is 36.4 Å². The van der Waals surface area contributed by atoms with E-state index in [0.29, 0.717) is 31.7 Å². The molecule has 2 aromatic carbocycles. The Balaban J connectivity index is 2.10. The third kappa shape index (κ3) is 8.93. The summed E-state index contributed by atoms with van der Waals surface area (Å²) in [6.45, 7) is 8.33. The van der Waals surface area contributed by atoms with Gasteiger partial charge in [0, 0.05) is 11.1 Å². The summed E-state index contributed by atoms with van der Waals surface area (Å²) in [6, 6.07) is 11.0. The minimum absolute atomic E-state index is 0.188. The molecule has 0 aliphatic carbocycles. The van der Waals surface area contributed by atoms with Crippen LogP contribution in [0.25, 0.3) is 0 Å². The average Bonchev–Trinajstić information content (AvgIpc) is 2.79. The lowest BCUT2D eigenvalue weighted by Crippen LogP contribution is -2.44. The van der Waals surface area contributed by atoms with E-state index >= 15 is 0 Å². The van der Waals surface area contributed by atoms with Crippen molar-refractivity contribution in [2.75, 3.05) is 37.1 Å². The highest BCUT2D eigenvalue weighted by molar-refractivity contribution is 7.88. The van der Waals surface area contributed by atoms with Crippen molar-refractivity contribution in [3.8, 4) is 5.75 Å². The first-order chi connectivity index (χ1) is 17.5. The molecule has 8 nitrogen and oxygen atoms in total. The molecule has 0 aliphatic rings. The highest BCUT2D eigenvalue weighted by Gasteiger charge is 2.30. The van der Waals surface area contributed by atoms with Crippen molar-refractivity contribution >= 4 is 62.4 Å². The van der Waals surface area contributed by atoms with Crippen molar-refractivity contribution in [2.45, 2.75) is 45.6 Å². The molecule has 12 heteroatoms. The largest absolute Gasteiger partial charge is 0.489 e. The number of alkyl halides is 1. The maximum atomic E-state index is 12.5. The Labute approximate surface area is 239 Å². The molecule has 38 heavy (non-hydrogen) atoms. The summed E-state index contributed by atoms with van der Waals surface area (Å²) in [4.78, 5) is 24.8. The SMILES string of the molecule is CC(C)(C)OC(=O)N(CC(=O)CNc1ccc(C(C)(C)c2cc(Cl)c(OCCCl)c(Cl)c2)cc1)S(C)(=O)=O. The maximum Gasteiger partial charge on any atom is 0.424 e. The minimum Gasteiger partial charge on any atom is -0.489 e. The van der Waals surface area contributed by atoms with Crippen molar-refractivity contribution in [3.63, 3.8) is 0 Å². The molecule has 1 amide bonds. The summed E-state index contributed by atoms with van der Waals surface area (Å²) < 4.78 is 35.2.